The zero-order valence-electron chi connectivity index (χ0n) is 14.3. The average molecular weight is 340 g/mol. The number of nitrogens with two attached hydrogens (primary N) is 1. The van der Waals surface area contributed by atoms with Crippen LogP contribution in [0.15, 0.2) is 48.7 Å². The van der Waals surface area contributed by atoms with Gasteiger partial charge in [-0.1, -0.05) is 18.2 Å². The van der Waals surface area contributed by atoms with Crippen LogP contribution >= 0.6 is 0 Å². The maximum Gasteiger partial charge on any atom is 0.222 e. The van der Waals surface area contributed by atoms with Crippen LogP contribution in [0.5, 0.6) is 5.75 Å². The summed E-state index contributed by atoms with van der Waals surface area (Å²) in [6, 6.07) is 13.3. The molecule has 6 heteroatoms. The van der Waals surface area contributed by atoms with E-state index < -0.39 is 0 Å². The minimum absolute atomic E-state index is 0.185. The van der Waals surface area contributed by atoms with Gasteiger partial charge in [-0.15, -0.1) is 0 Å². The van der Waals surface area contributed by atoms with Gasteiger partial charge >= 0.3 is 0 Å². The molecule has 3 rings (SSSR count). The Morgan fingerprint density at radius 3 is 2.56 bits per heavy atom. The number of anilines is 2. The Kier molecular flexibility index (Phi) is 5.72. The van der Waals surface area contributed by atoms with Crippen LogP contribution < -0.4 is 15.4 Å². The summed E-state index contributed by atoms with van der Waals surface area (Å²) in [7, 11) is 0. The number of rotatable bonds is 6. The van der Waals surface area contributed by atoms with Crippen LogP contribution in [0, 0.1) is 0 Å². The van der Waals surface area contributed by atoms with Crippen molar-refractivity contribution in [3.8, 4) is 5.75 Å². The molecule has 0 radical (unpaired) electrons. The largest absolute Gasteiger partial charge is 0.491 e. The summed E-state index contributed by atoms with van der Waals surface area (Å²) in [5.41, 5.74) is 6.46. The van der Waals surface area contributed by atoms with E-state index in [1.165, 1.54) is 0 Å². The summed E-state index contributed by atoms with van der Waals surface area (Å²) < 4.78 is 5.64. The summed E-state index contributed by atoms with van der Waals surface area (Å²) in [6.07, 6.45) is 2.98. The third kappa shape index (κ3) is 4.62. The fourth-order valence-electron chi connectivity index (χ4n) is 2.90. The number of amides is 1. The Balaban J connectivity index is 1.37. The number of hydrogen-bond acceptors (Lipinski definition) is 5. The molecule has 1 aromatic carbocycles. The lowest BCUT2D eigenvalue weighted by Gasteiger charge is -2.35. The number of carbonyl (C=O) groups is 1. The molecule has 0 saturated carbocycles. The van der Waals surface area contributed by atoms with Gasteiger partial charge in [-0.3, -0.25) is 4.79 Å². The van der Waals surface area contributed by atoms with E-state index in [1.807, 2.05) is 47.4 Å². The van der Waals surface area contributed by atoms with Crippen molar-refractivity contribution in [1.29, 1.82) is 0 Å². The van der Waals surface area contributed by atoms with Gasteiger partial charge in [0.1, 0.15) is 11.6 Å². The smallest absolute Gasteiger partial charge is 0.222 e. The first-order valence-electron chi connectivity index (χ1n) is 8.65. The highest BCUT2D eigenvalue weighted by Gasteiger charge is 2.21. The van der Waals surface area contributed by atoms with Crippen LogP contribution in [0.4, 0.5) is 11.5 Å². The van der Waals surface area contributed by atoms with Crippen molar-refractivity contribution in [3.05, 3.63) is 48.7 Å². The Morgan fingerprint density at radius 2 is 1.84 bits per heavy atom. The average Bonchev–Trinajstić information content (AvgIpc) is 2.67. The van der Waals surface area contributed by atoms with Crippen molar-refractivity contribution in [2.45, 2.75) is 12.8 Å². The molecule has 1 aromatic heterocycles. The molecule has 0 spiro atoms. The van der Waals surface area contributed by atoms with Gasteiger partial charge in [-0.05, 0) is 30.7 Å². The summed E-state index contributed by atoms with van der Waals surface area (Å²) in [5, 5.41) is 0. The first-order valence-corrected chi connectivity index (χ1v) is 8.65. The summed E-state index contributed by atoms with van der Waals surface area (Å²) in [4.78, 5) is 20.8. The van der Waals surface area contributed by atoms with Gasteiger partial charge in [0.2, 0.25) is 5.91 Å². The van der Waals surface area contributed by atoms with Crippen LogP contribution in [-0.4, -0.2) is 48.6 Å². The number of piperazine rings is 1. The van der Waals surface area contributed by atoms with Gasteiger partial charge in [0.25, 0.3) is 0 Å². The Hall–Kier alpha value is -2.76. The molecular formula is C19H24N4O2. The molecule has 0 aliphatic carbocycles. The van der Waals surface area contributed by atoms with Crippen LogP contribution in [0.1, 0.15) is 12.8 Å². The lowest BCUT2D eigenvalue weighted by molar-refractivity contribution is -0.131. The molecular weight excluding hydrogens is 316 g/mol. The molecule has 6 nitrogen and oxygen atoms in total. The molecule has 2 aromatic rings. The van der Waals surface area contributed by atoms with Crippen LogP contribution in [0.25, 0.3) is 0 Å². The standard InChI is InChI=1S/C19H24N4O2/c20-16-6-1-2-7-17(16)25-15-5-9-19(24)23-13-11-22(12-14-23)18-8-3-4-10-21-18/h1-4,6-8,10H,5,9,11-15,20H2. The molecule has 25 heavy (non-hydrogen) atoms. The molecule has 2 N–H and O–H groups in total. The molecule has 0 atom stereocenters. The molecule has 1 saturated heterocycles. The van der Waals surface area contributed by atoms with Crippen molar-refractivity contribution in [2.75, 3.05) is 43.4 Å². The fourth-order valence-corrected chi connectivity index (χ4v) is 2.90. The van der Waals surface area contributed by atoms with E-state index in [4.69, 9.17) is 10.5 Å². The third-order valence-corrected chi connectivity index (χ3v) is 4.32. The first-order chi connectivity index (χ1) is 12.2. The second-order valence-corrected chi connectivity index (χ2v) is 6.05. The van der Waals surface area contributed by atoms with Crippen molar-refractivity contribution in [1.82, 2.24) is 9.88 Å². The number of pyridine rings is 1. The van der Waals surface area contributed by atoms with Crippen LogP contribution in [0.3, 0.4) is 0 Å². The number of nitrogens with zero attached hydrogens (tertiary/aromatic N) is 3. The minimum Gasteiger partial charge on any atom is -0.491 e. The Bertz CT molecular complexity index is 685. The predicted octanol–water partition coefficient (Wildman–Crippen LogP) is 2.17. The van der Waals surface area contributed by atoms with Crippen molar-refractivity contribution < 1.29 is 9.53 Å². The van der Waals surface area contributed by atoms with Crippen molar-refractivity contribution in [2.24, 2.45) is 0 Å². The van der Waals surface area contributed by atoms with Crippen LogP contribution in [-0.2, 0) is 4.79 Å². The van der Waals surface area contributed by atoms with Crippen molar-refractivity contribution >= 4 is 17.4 Å². The summed E-state index contributed by atoms with van der Waals surface area (Å²) in [6.45, 7) is 3.61. The predicted molar refractivity (Wildman–Crippen MR) is 98.6 cm³/mol. The second kappa shape index (κ2) is 8.37. The number of aromatic nitrogens is 1. The Morgan fingerprint density at radius 1 is 1.08 bits per heavy atom. The number of ether oxygens (including phenoxy) is 1. The van der Waals surface area contributed by atoms with E-state index in [1.54, 1.807) is 6.20 Å². The normalized spacial score (nSPS) is 14.4. The Labute approximate surface area is 148 Å². The van der Waals surface area contributed by atoms with Gasteiger partial charge in [0.15, 0.2) is 0 Å². The van der Waals surface area contributed by atoms with Gasteiger partial charge in [0, 0.05) is 38.8 Å². The van der Waals surface area contributed by atoms with Crippen molar-refractivity contribution in [3.63, 3.8) is 0 Å². The monoisotopic (exact) mass is 340 g/mol. The number of benzene rings is 1. The van der Waals surface area contributed by atoms with Crippen LogP contribution in [0.2, 0.25) is 0 Å². The van der Waals surface area contributed by atoms with E-state index in [9.17, 15) is 4.79 Å². The number of para-hydroxylation sites is 2. The molecule has 1 aliphatic rings. The number of hydrogen-bond donors (Lipinski definition) is 1. The maximum atomic E-state index is 12.3. The van der Waals surface area contributed by atoms with E-state index in [0.717, 1.165) is 32.0 Å². The van der Waals surface area contributed by atoms with E-state index in [2.05, 4.69) is 9.88 Å². The first kappa shape index (κ1) is 17.1. The SMILES string of the molecule is Nc1ccccc1OCCCC(=O)N1CCN(c2ccccn2)CC1. The summed E-state index contributed by atoms with van der Waals surface area (Å²) >= 11 is 0. The lowest BCUT2D eigenvalue weighted by atomic mass is 10.2. The molecule has 0 bridgehead atoms. The molecule has 1 aliphatic heterocycles. The third-order valence-electron chi connectivity index (χ3n) is 4.32. The van der Waals surface area contributed by atoms with E-state index in [0.29, 0.717) is 30.9 Å². The van der Waals surface area contributed by atoms with Gasteiger partial charge < -0.3 is 20.3 Å². The second-order valence-electron chi connectivity index (χ2n) is 6.05. The molecule has 2 heterocycles. The molecule has 1 fully saturated rings. The lowest BCUT2D eigenvalue weighted by Crippen LogP contribution is -2.49. The summed E-state index contributed by atoms with van der Waals surface area (Å²) in [5.74, 6) is 1.84. The number of carbonyl (C=O) groups excluding carboxylic acids is 1. The fraction of sp³-hybridized carbons (Fsp3) is 0.368. The maximum absolute atomic E-state index is 12.3. The van der Waals surface area contributed by atoms with Gasteiger partial charge in [0.05, 0.1) is 12.3 Å². The quantitative estimate of drug-likeness (QED) is 0.644. The molecule has 0 unspecified atom stereocenters. The van der Waals surface area contributed by atoms with Gasteiger partial charge in [-0.2, -0.15) is 0 Å². The van der Waals surface area contributed by atoms with E-state index >= 15 is 0 Å². The molecule has 1 amide bonds. The number of nitrogen functional groups attached to an aromatic ring is 1. The van der Waals surface area contributed by atoms with E-state index in [-0.39, 0.29) is 5.91 Å². The zero-order valence-corrected chi connectivity index (χ0v) is 14.3. The highest BCUT2D eigenvalue weighted by atomic mass is 16.5. The minimum atomic E-state index is 0.185. The highest BCUT2D eigenvalue weighted by molar-refractivity contribution is 5.76. The highest BCUT2D eigenvalue weighted by Crippen LogP contribution is 2.20. The van der Waals surface area contributed by atoms with Gasteiger partial charge in [-0.25, -0.2) is 4.98 Å². The topological polar surface area (TPSA) is 71.7 Å². The zero-order chi connectivity index (χ0) is 17.5. The molecule has 132 valence electrons.